The van der Waals surface area contributed by atoms with E-state index in [1.54, 1.807) is 0 Å². The van der Waals surface area contributed by atoms with Gasteiger partial charge in [0.2, 0.25) is 0 Å². The number of hydrogen-bond donors (Lipinski definition) is 2. The van der Waals surface area contributed by atoms with Crippen LogP contribution < -0.4 is 11.5 Å². The Morgan fingerprint density at radius 1 is 0.867 bits per heavy atom. The van der Waals surface area contributed by atoms with E-state index in [4.69, 9.17) is 16.6 Å². The molecule has 2 aromatic heterocycles. The van der Waals surface area contributed by atoms with E-state index in [1.807, 2.05) is 24.3 Å². The van der Waals surface area contributed by atoms with Crippen molar-refractivity contribution in [2.45, 2.75) is 37.8 Å². The van der Waals surface area contributed by atoms with Gasteiger partial charge in [-0.1, -0.05) is 12.1 Å². The van der Waals surface area contributed by atoms with Crippen LogP contribution in [-0.2, 0) is 0 Å². The molecule has 1 aromatic carbocycles. The SMILES string of the molecule is CN1CCC(N2CCC(n3nc(-c4ccc(N)cc4)c4c(N)ncnc43)CC2)CC1. The smallest absolute Gasteiger partial charge is 0.164 e. The minimum atomic E-state index is 0.326. The monoisotopic (exact) mass is 406 g/mol. The van der Waals surface area contributed by atoms with Crippen molar-refractivity contribution in [3.63, 3.8) is 0 Å². The molecule has 8 nitrogen and oxygen atoms in total. The van der Waals surface area contributed by atoms with Crippen molar-refractivity contribution >= 4 is 22.5 Å². The minimum absolute atomic E-state index is 0.326. The van der Waals surface area contributed by atoms with E-state index in [2.05, 4.69) is 31.5 Å². The third-order valence-corrected chi connectivity index (χ3v) is 6.75. The topological polar surface area (TPSA) is 102 Å². The number of rotatable bonds is 3. The summed E-state index contributed by atoms with van der Waals surface area (Å²) in [5, 5.41) is 5.82. The molecule has 2 saturated heterocycles. The summed E-state index contributed by atoms with van der Waals surface area (Å²) in [4.78, 5) is 13.9. The van der Waals surface area contributed by atoms with E-state index in [0.29, 0.717) is 11.9 Å². The fourth-order valence-electron chi connectivity index (χ4n) is 4.95. The van der Waals surface area contributed by atoms with Crippen LogP contribution in [0.25, 0.3) is 22.3 Å². The number of aromatic nitrogens is 4. The molecule has 30 heavy (non-hydrogen) atoms. The Labute approximate surface area is 176 Å². The number of benzene rings is 1. The Hall–Kier alpha value is -2.71. The molecule has 4 N–H and O–H groups in total. The molecule has 5 rings (SSSR count). The maximum absolute atomic E-state index is 6.26. The zero-order valence-corrected chi connectivity index (χ0v) is 17.5. The Morgan fingerprint density at radius 3 is 2.23 bits per heavy atom. The van der Waals surface area contributed by atoms with E-state index >= 15 is 0 Å². The van der Waals surface area contributed by atoms with Gasteiger partial charge in [0.05, 0.1) is 11.4 Å². The second-order valence-corrected chi connectivity index (χ2v) is 8.67. The van der Waals surface area contributed by atoms with Crippen LogP contribution in [0.4, 0.5) is 11.5 Å². The highest BCUT2D eigenvalue weighted by Crippen LogP contribution is 2.35. The van der Waals surface area contributed by atoms with Gasteiger partial charge >= 0.3 is 0 Å². The summed E-state index contributed by atoms with van der Waals surface area (Å²) >= 11 is 0. The first kappa shape index (κ1) is 19.3. The second-order valence-electron chi connectivity index (χ2n) is 8.67. The van der Waals surface area contributed by atoms with Crippen molar-refractivity contribution in [1.29, 1.82) is 0 Å². The highest BCUT2D eigenvalue weighted by molar-refractivity contribution is 5.98. The number of nitrogens with two attached hydrogens (primary N) is 2. The summed E-state index contributed by atoms with van der Waals surface area (Å²) in [6, 6.07) is 8.79. The maximum atomic E-state index is 6.26. The van der Waals surface area contributed by atoms with Gasteiger partial charge in [0.25, 0.3) is 0 Å². The lowest BCUT2D eigenvalue weighted by Crippen LogP contribution is -2.47. The molecule has 0 aliphatic carbocycles. The number of anilines is 2. The van der Waals surface area contributed by atoms with Gasteiger partial charge in [0.15, 0.2) is 5.65 Å². The molecule has 0 unspecified atom stereocenters. The molecule has 0 amide bonds. The molecule has 0 atom stereocenters. The molecule has 0 radical (unpaired) electrons. The largest absolute Gasteiger partial charge is 0.399 e. The van der Waals surface area contributed by atoms with Crippen LogP contribution in [0, 0.1) is 0 Å². The van der Waals surface area contributed by atoms with Gasteiger partial charge in [-0.2, -0.15) is 5.10 Å². The van der Waals surface area contributed by atoms with Crippen molar-refractivity contribution < 1.29 is 0 Å². The van der Waals surface area contributed by atoms with E-state index in [9.17, 15) is 0 Å². The van der Waals surface area contributed by atoms with Gasteiger partial charge in [-0.15, -0.1) is 0 Å². The van der Waals surface area contributed by atoms with Crippen molar-refractivity contribution in [2.24, 2.45) is 0 Å². The predicted molar refractivity (Wildman–Crippen MR) is 120 cm³/mol. The van der Waals surface area contributed by atoms with Gasteiger partial charge in [0, 0.05) is 30.4 Å². The van der Waals surface area contributed by atoms with E-state index in [0.717, 1.165) is 60.0 Å². The molecule has 2 fully saturated rings. The lowest BCUT2D eigenvalue weighted by atomic mass is 9.98. The Bertz CT molecular complexity index is 1010. The minimum Gasteiger partial charge on any atom is -0.399 e. The standard InChI is InChI=1S/C22H30N8/c1-28-10-6-17(7-11-28)29-12-8-18(9-13-29)30-22-19(21(24)25-14-26-22)20(27-30)15-2-4-16(23)5-3-15/h2-5,14,17-18H,6-13,23H2,1H3,(H2,24,25,26). The molecule has 2 aliphatic rings. The van der Waals surface area contributed by atoms with Crippen LogP contribution in [0.15, 0.2) is 30.6 Å². The van der Waals surface area contributed by atoms with Gasteiger partial charge in [-0.25, -0.2) is 14.6 Å². The Balaban J connectivity index is 1.41. The molecule has 158 valence electrons. The molecule has 0 bridgehead atoms. The summed E-state index contributed by atoms with van der Waals surface area (Å²) in [5.74, 6) is 0.474. The normalized spacial score (nSPS) is 20.2. The van der Waals surface area contributed by atoms with E-state index in [-0.39, 0.29) is 0 Å². The summed E-state index contributed by atoms with van der Waals surface area (Å²) in [6.07, 6.45) is 6.24. The number of nitrogen functional groups attached to an aromatic ring is 2. The Kier molecular flexibility index (Phi) is 5.04. The number of fused-ring (bicyclic) bond motifs is 1. The van der Waals surface area contributed by atoms with Crippen LogP contribution in [-0.4, -0.2) is 68.8 Å². The number of hydrogen-bond acceptors (Lipinski definition) is 7. The molecular weight excluding hydrogens is 376 g/mol. The van der Waals surface area contributed by atoms with Crippen molar-refractivity contribution in [3.05, 3.63) is 30.6 Å². The maximum Gasteiger partial charge on any atom is 0.164 e. The Morgan fingerprint density at radius 2 is 1.53 bits per heavy atom. The average Bonchev–Trinajstić information content (AvgIpc) is 3.16. The molecule has 0 saturated carbocycles. The van der Waals surface area contributed by atoms with Gasteiger partial charge in [-0.05, 0) is 58.0 Å². The fraction of sp³-hybridized carbons (Fsp3) is 0.500. The van der Waals surface area contributed by atoms with Crippen LogP contribution in [0.5, 0.6) is 0 Å². The molecule has 8 heteroatoms. The number of piperidine rings is 2. The third kappa shape index (κ3) is 3.50. The predicted octanol–water partition coefficient (Wildman–Crippen LogP) is 2.39. The lowest BCUT2D eigenvalue weighted by molar-refractivity contribution is 0.0859. The van der Waals surface area contributed by atoms with Crippen molar-refractivity contribution in [3.8, 4) is 11.3 Å². The first-order valence-electron chi connectivity index (χ1n) is 10.9. The van der Waals surface area contributed by atoms with Gasteiger partial charge < -0.3 is 21.3 Å². The zero-order valence-electron chi connectivity index (χ0n) is 17.5. The fourth-order valence-corrected chi connectivity index (χ4v) is 4.95. The quantitative estimate of drug-likeness (QED) is 0.644. The molecule has 4 heterocycles. The van der Waals surface area contributed by atoms with Crippen molar-refractivity contribution in [2.75, 3.05) is 44.7 Å². The average molecular weight is 407 g/mol. The number of nitrogens with zero attached hydrogens (tertiary/aromatic N) is 6. The van der Waals surface area contributed by atoms with Crippen LogP contribution in [0.3, 0.4) is 0 Å². The van der Waals surface area contributed by atoms with Gasteiger partial charge in [-0.3, -0.25) is 0 Å². The molecule has 2 aliphatic heterocycles. The first-order valence-corrected chi connectivity index (χ1v) is 10.9. The summed E-state index contributed by atoms with van der Waals surface area (Å²) < 4.78 is 2.09. The van der Waals surface area contributed by atoms with Crippen LogP contribution in [0.2, 0.25) is 0 Å². The lowest BCUT2D eigenvalue weighted by Gasteiger charge is -2.41. The third-order valence-electron chi connectivity index (χ3n) is 6.75. The summed E-state index contributed by atoms with van der Waals surface area (Å²) in [5.41, 5.74) is 15.5. The van der Waals surface area contributed by atoms with Gasteiger partial charge in [0.1, 0.15) is 17.8 Å². The first-order chi connectivity index (χ1) is 14.6. The highest BCUT2D eigenvalue weighted by Gasteiger charge is 2.30. The van der Waals surface area contributed by atoms with Crippen molar-refractivity contribution in [1.82, 2.24) is 29.5 Å². The summed E-state index contributed by atoms with van der Waals surface area (Å²) in [6.45, 7) is 4.63. The zero-order chi connectivity index (χ0) is 20.7. The number of likely N-dealkylation sites (tertiary alicyclic amines) is 2. The second kappa shape index (κ2) is 7.85. The molecular formula is C22H30N8. The highest BCUT2D eigenvalue weighted by atomic mass is 15.3. The van der Waals surface area contributed by atoms with E-state index < -0.39 is 0 Å². The molecule has 3 aromatic rings. The van der Waals surface area contributed by atoms with E-state index in [1.165, 1.54) is 32.3 Å². The van der Waals surface area contributed by atoms with Crippen LogP contribution >= 0.6 is 0 Å². The van der Waals surface area contributed by atoms with Crippen LogP contribution in [0.1, 0.15) is 31.7 Å². The molecule has 0 spiro atoms. The summed E-state index contributed by atoms with van der Waals surface area (Å²) in [7, 11) is 2.22.